The van der Waals surface area contributed by atoms with Gasteiger partial charge in [0.1, 0.15) is 11.5 Å². The standard InChI is InChI=1S/C27H33Cl2N3O2S/c1-18-13-21(25-17-35-27(30)31-25)5-7-26(18)34-12-2-3-22(33)14-19-8-10-32(11-9-19)16-20-4-6-23(28)24(29)15-20/h4-7,13,15,19,25H,2-3,8-12,14,16-17H2,1H3,(H2,30,31). The van der Waals surface area contributed by atoms with Crippen molar-refractivity contribution in [3.05, 3.63) is 63.1 Å². The summed E-state index contributed by atoms with van der Waals surface area (Å²) < 4.78 is 5.96. The first-order chi connectivity index (χ1) is 16.9. The molecule has 35 heavy (non-hydrogen) atoms. The molecule has 1 atom stereocenters. The lowest BCUT2D eigenvalue weighted by molar-refractivity contribution is -0.120. The number of aryl methyl sites for hydroxylation is 1. The van der Waals surface area contributed by atoms with Gasteiger partial charge in [-0.25, -0.2) is 0 Å². The van der Waals surface area contributed by atoms with Gasteiger partial charge in [0.05, 0.1) is 22.7 Å². The van der Waals surface area contributed by atoms with Gasteiger partial charge in [-0.05, 0) is 80.1 Å². The number of piperidine rings is 1. The number of ketones is 1. The summed E-state index contributed by atoms with van der Waals surface area (Å²) in [5, 5.41) is 1.85. The Morgan fingerprint density at radius 1 is 1.17 bits per heavy atom. The Morgan fingerprint density at radius 3 is 2.66 bits per heavy atom. The quantitative estimate of drug-likeness (QED) is 0.356. The van der Waals surface area contributed by atoms with Gasteiger partial charge in [0, 0.05) is 25.1 Å². The zero-order valence-electron chi connectivity index (χ0n) is 20.1. The predicted molar refractivity (Wildman–Crippen MR) is 147 cm³/mol. The summed E-state index contributed by atoms with van der Waals surface area (Å²) in [4.78, 5) is 19.4. The molecule has 2 heterocycles. The van der Waals surface area contributed by atoms with E-state index in [0.717, 1.165) is 56.0 Å². The second-order valence-electron chi connectivity index (χ2n) is 9.48. The highest BCUT2D eigenvalue weighted by Gasteiger charge is 2.22. The highest BCUT2D eigenvalue weighted by atomic mass is 35.5. The Balaban J connectivity index is 1.12. The van der Waals surface area contributed by atoms with E-state index in [-0.39, 0.29) is 6.04 Å². The van der Waals surface area contributed by atoms with Crippen LogP contribution in [0.2, 0.25) is 10.0 Å². The van der Waals surface area contributed by atoms with Crippen LogP contribution in [0.15, 0.2) is 41.4 Å². The Kier molecular flexibility index (Phi) is 9.40. The lowest BCUT2D eigenvalue weighted by Gasteiger charge is -2.31. The van der Waals surface area contributed by atoms with Gasteiger partial charge in [0.25, 0.3) is 0 Å². The topological polar surface area (TPSA) is 67.9 Å². The molecule has 2 aliphatic heterocycles. The first-order valence-electron chi connectivity index (χ1n) is 12.2. The predicted octanol–water partition coefficient (Wildman–Crippen LogP) is 6.43. The summed E-state index contributed by atoms with van der Waals surface area (Å²) in [6.45, 7) is 5.49. The maximum Gasteiger partial charge on any atom is 0.154 e. The number of ether oxygens (including phenoxy) is 1. The molecule has 1 fully saturated rings. The molecule has 2 aromatic carbocycles. The number of rotatable bonds is 10. The fourth-order valence-electron chi connectivity index (χ4n) is 4.73. The zero-order valence-corrected chi connectivity index (χ0v) is 22.5. The molecule has 0 aliphatic carbocycles. The van der Waals surface area contributed by atoms with E-state index in [9.17, 15) is 4.79 Å². The Morgan fingerprint density at radius 2 is 1.97 bits per heavy atom. The van der Waals surface area contributed by atoms with Gasteiger partial charge in [-0.15, -0.1) is 0 Å². The number of aliphatic imine (C=N–C) groups is 1. The average molecular weight is 535 g/mol. The van der Waals surface area contributed by atoms with Crippen molar-refractivity contribution in [3.63, 3.8) is 0 Å². The lowest BCUT2D eigenvalue weighted by atomic mass is 9.90. The summed E-state index contributed by atoms with van der Waals surface area (Å²) in [6.07, 6.45) is 4.12. The van der Waals surface area contributed by atoms with Crippen molar-refractivity contribution in [2.45, 2.75) is 51.6 Å². The zero-order chi connectivity index (χ0) is 24.8. The normalized spacial score (nSPS) is 19.1. The third-order valence-electron chi connectivity index (χ3n) is 6.73. The number of Topliss-reactive ketones (excluding diaryl/α,β-unsaturated/α-hetero) is 1. The van der Waals surface area contributed by atoms with E-state index in [2.05, 4.69) is 22.0 Å². The van der Waals surface area contributed by atoms with Crippen molar-refractivity contribution >= 4 is 45.9 Å². The molecular formula is C27H33Cl2N3O2S. The molecule has 0 aromatic heterocycles. The summed E-state index contributed by atoms with van der Waals surface area (Å²) in [6, 6.07) is 12.2. The van der Waals surface area contributed by atoms with Gasteiger partial charge < -0.3 is 10.5 Å². The van der Waals surface area contributed by atoms with Crippen LogP contribution in [0.1, 0.15) is 54.8 Å². The molecule has 0 saturated carbocycles. The second kappa shape index (κ2) is 12.5. The second-order valence-corrected chi connectivity index (χ2v) is 11.3. The minimum Gasteiger partial charge on any atom is -0.493 e. The third-order valence-corrected chi connectivity index (χ3v) is 8.35. The van der Waals surface area contributed by atoms with Crippen molar-refractivity contribution in [1.29, 1.82) is 0 Å². The number of thioether (sulfide) groups is 1. The van der Waals surface area contributed by atoms with Crippen molar-refractivity contribution < 1.29 is 9.53 Å². The van der Waals surface area contributed by atoms with Gasteiger partial charge >= 0.3 is 0 Å². The van der Waals surface area contributed by atoms with Crippen LogP contribution in [0.4, 0.5) is 0 Å². The maximum absolute atomic E-state index is 12.5. The van der Waals surface area contributed by atoms with E-state index in [4.69, 9.17) is 33.7 Å². The van der Waals surface area contributed by atoms with Crippen molar-refractivity contribution in [1.82, 2.24) is 4.90 Å². The van der Waals surface area contributed by atoms with Crippen molar-refractivity contribution in [3.8, 4) is 5.75 Å². The monoisotopic (exact) mass is 533 g/mol. The molecule has 4 rings (SSSR count). The molecule has 0 spiro atoms. The number of benzene rings is 2. The number of hydrogen-bond acceptors (Lipinski definition) is 6. The Hall–Kier alpha value is -1.73. The van der Waals surface area contributed by atoms with Crippen LogP contribution in [0.3, 0.4) is 0 Å². The van der Waals surface area contributed by atoms with E-state index < -0.39 is 0 Å². The number of carbonyl (C=O) groups is 1. The van der Waals surface area contributed by atoms with E-state index >= 15 is 0 Å². The van der Waals surface area contributed by atoms with Gasteiger partial charge in [-0.3, -0.25) is 14.7 Å². The first-order valence-corrected chi connectivity index (χ1v) is 14.0. The lowest BCUT2D eigenvalue weighted by Crippen LogP contribution is -2.33. The number of nitrogens with two attached hydrogens (primary N) is 1. The average Bonchev–Trinajstić information content (AvgIpc) is 3.27. The molecule has 0 amide bonds. The third kappa shape index (κ3) is 7.63. The van der Waals surface area contributed by atoms with Gasteiger partial charge in [0.2, 0.25) is 0 Å². The molecule has 2 aromatic rings. The van der Waals surface area contributed by atoms with Crippen LogP contribution in [-0.2, 0) is 11.3 Å². The molecule has 2 aliphatic rings. The number of carbonyl (C=O) groups excluding carboxylic acids is 1. The molecule has 0 bridgehead atoms. The molecule has 1 saturated heterocycles. The number of nitrogens with zero attached hydrogens (tertiary/aromatic N) is 2. The number of likely N-dealkylation sites (tertiary alicyclic amines) is 1. The fraction of sp³-hybridized carbons (Fsp3) is 0.481. The number of hydrogen-bond donors (Lipinski definition) is 1. The van der Waals surface area contributed by atoms with E-state index in [1.54, 1.807) is 11.8 Å². The highest BCUT2D eigenvalue weighted by molar-refractivity contribution is 8.14. The van der Waals surface area contributed by atoms with E-state index in [0.29, 0.717) is 46.4 Å². The molecule has 188 valence electrons. The molecule has 2 N–H and O–H groups in total. The number of amidine groups is 1. The van der Waals surface area contributed by atoms with Gasteiger partial charge in [-0.2, -0.15) is 0 Å². The van der Waals surface area contributed by atoms with E-state index in [1.165, 1.54) is 11.1 Å². The largest absolute Gasteiger partial charge is 0.493 e. The minimum absolute atomic E-state index is 0.133. The highest BCUT2D eigenvalue weighted by Crippen LogP contribution is 2.31. The Bertz CT molecular complexity index is 1070. The summed E-state index contributed by atoms with van der Waals surface area (Å²) in [7, 11) is 0. The van der Waals surface area contributed by atoms with Crippen LogP contribution in [-0.4, -0.2) is 41.3 Å². The number of halogens is 2. The molecular weight excluding hydrogens is 501 g/mol. The maximum atomic E-state index is 12.5. The van der Waals surface area contributed by atoms with Gasteiger partial charge in [0.15, 0.2) is 5.17 Å². The minimum atomic E-state index is 0.133. The molecule has 8 heteroatoms. The van der Waals surface area contributed by atoms with Crippen LogP contribution >= 0.6 is 35.0 Å². The summed E-state index contributed by atoms with van der Waals surface area (Å²) >= 11 is 13.7. The smallest absolute Gasteiger partial charge is 0.154 e. The summed E-state index contributed by atoms with van der Waals surface area (Å²) in [5.74, 6) is 2.59. The molecule has 1 unspecified atom stereocenters. The van der Waals surface area contributed by atoms with Crippen LogP contribution < -0.4 is 10.5 Å². The first kappa shape index (κ1) is 26.3. The summed E-state index contributed by atoms with van der Waals surface area (Å²) in [5.41, 5.74) is 9.22. The van der Waals surface area contributed by atoms with Crippen LogP contribution in [0.25, 0.3) is 0 Å². The van der Waals surface area contributed by atoms with Crippen molar-refractivity contribution in [2.24, 2.45) is 16.6 Å². The van der Waals surface area contributed by atoms with E-state index in [1.807, 2.05) is 31.2 Å². The van der Waals surface area contributed by atoms with Crippen molar-refractivity contribution in [2.75, 3.05) is 25.4 Å². The van der Waals surface area contributed by atoms with Crippen LogP contribution in [0, 0.1) is 12.8 Å². The van der Waals surface area contributed by atoms with Gasteiger partial charge in [-0.1, -0.05) is 53.2 Å². The SMILES string of the molecule is Cc1cc(C2CSC(N)=N2)ccc1OCCCC(=O)CC1CCN(Cc2ccc(Cl)c(Cl)c2)CC1. The molecule has 0 radical (unpaired) electrons. The Labute approximate surface area is 222 Å². The fourth-order valence-corrected chi connectivity index (χ4v) is 5.84. The molecule has 5 nitrogen and oxygen atoms in total. The van der Waals surface area contributed by atoms with Crippen LogP contribution in [0.5, 0.6) is 5.75 Å².